The van der Waals surface area contributed by atoms with Crippen molar-refractivity contribution in [2.24, 2.45) is 0 Å². The minimum absolute atomic E-state index is 0.0215. The van der Waals surface area contributed by atoms with Crippen LogP contribution in [-0.4, -0.2) is 29.7 Å². The molecule has 1 aliphatic rings. The van der Waals surface area contributed by atoms with Gasteiger partial charge < -0.3 is 14.3 Å². The van der Waals surface area contributed by atoms with Crippen molar-refractivity contribution in [2.75, 3.05) is 19.7 Å². The summed E-state index contributed by atoms with van der Waals surface area (Å²) in [6, 6.07) is 7.73. The molecule has 1 aromatic heterocycles. The molecule has 0 aliphatic carbocycles. The summed E-state index contributed by atoms with van der Waals surface area (Å²) in [5.41, 5.74) is 3.26. The number of ether oxygens (including phenoxy) is 1. The largest absolute Gasteiger partial charge is 0.502 e. The summed E-state index contributed by atoms with van der Waals surface area (Å²) < 4.78 is 11.2. The Morgan fingerprint density at radius 3 is 2.87 bits per heavy atom. The fraction of sp³-hybridized carbons (Fsp3) is 0.389. The number of benzene rings is 1. The first-order valence-corrected chi connectivity index (χ1v) is 7.75. The molecule has 0 saturated carbocycles. The maximum atomic E-state index is 11.5. The predicted molar refractivity (Wildman–Crippen MR) is 86.5 cm³/mol. The number of aromatic hydroxyl groups is 1. The standard InChI is InChI=1S/C18H21NO4/c1-12-3-4-15(13(2)7-12)18-10-19(5-6-22-18)9-14-8-16(20)17(21)11-23-14/h3-4,7-8,11,18,21H,5-6,9-10H2,1-2H3. The van der Waals surface area contributed by atoms with Gasteiger partial charge in [-0.2, -0.15) is 0 Å². The molecule has 0 radical (unpaired) electrons. The van der Waals surface area contributed by atoms with Crippen LogP contribution in [0, 0.1) is 13.8 Å². The first-order valence-electron chi connectivity index (χ1n) is 7.75. The molecule has 23 heavy (non-hydrogen) atoms. The lowest BCUT2D eigenvalue weighted by Crippen LogP contribution is -2.38. The Morgan fingerprint density at radius 1 is 1.30 bits per heavy atom. The molecule has 0 bridgehead atoms. The molecular weight excluding hydrogens is 294 g/mol. The zero-order valence-corrected chi connectivity index (χ0v) is 13.4. The minimum atomic E-state index is -0.412. The average Bonchev–Trinajstić information content (AvgIpc) is 2.51. The Hall–Kier alpha value is -2.11. The van der Waals surface area contributed by atoms with Crippen LogP contribution in [0.5, 0.6) is 5.75 Å². The lowest BCUT2D eigenvalue weighted by Gasteiger charge is -2.33. The molecule has 1 unspecified atom stereocenters. The average molecular weight is 315 g/mol. The van der Waals surface area contributed by atoms with Gasteiger partial charge in [-0.05, 0) is 25.0 Å². The van der Waals surface area contributed by atoms with E-state index in [1.807, 2.05) is 0 Å². The smallest absolute Gasteiger partial charge is 0.226 e. The SMILES string of the molecule is Cc1ccc(C2CN(Cc3cc(=O)c(O)co3)CCO2)c(C)c1. The third kappa shape index (κ3) is 3.63. The number of morpholine rings is 1. The number of hydrogen-bond acceptors (Lipinski definition) is 5. The second kappa shape index (κ2) is 6.56. The van der Waals surface area contributed by atoms with Gasteiger partial charge in [0.15, 0.2) is 5.75 Å². The first kappa shape index (κ1) is 15.8. The number of rotatable bonds is 3. The van der Waals surface area contributed by atoms with Crippen molar-refractivity contribution in [2.45, 2.75) is 26.5 Å². The topological polar surface area (TPSA) is 62.9 Å². The zero-order chi connectivity index (χ0) is 16.4. The van der Waals surface area contributed by atoms with E-state index in [0.717, 1.165) is 19.4 Å². The quantitative estimate of drug-likeness (QED) is 0.943. The van der Waals surface area contributed by atoms with E-state index < -0.39 is 5.43 Å². The van der Waals surface area contributed by atoms with Gasteiger partial charge in [-0.25, -0.2) is 0 Å². The summed E-state index contributed by atoms with van der Waals surface area (Å²) in [5.74, 6) is 0.193. The van der Waals surface area contributed by atoms with Gasteiger partial charge >= 0.3 is 0 Å². The summed E-state index contributed by atoms with van der Waals surface area (Å²) in [4.78, 5) is 13.7. The maximum Gasteiger partial charge on any atom is 0.226 e. The predicted octanol–water partition coefficient (Wildman–Crippen LogP) is 2.54. The maximum absolute atomic E-state index is 11.5. The van der Waals surface area contributed by atoms with Gasteiger partial charge in [-0.3, -0.25) is 9.69 Å². The number of aryl methyl sites for hydroxylation is 2. The third-order valence-electron chi connectivity index (χ3n) is 4.17. The Bertz CT molecular complexity index is 753. The summed E-state index contributed by atoms with van der Waals surface area (Å²) in [5, 5.41) is 9.25. The molecule has 2 heterocycles. The Kier molecular flexibility index (Phi) is 4.50. The van der Waals surface area contributed by atoms with Crippen LogP contribution in [-0.2, 0) is 11.3 Å². The van der Waals surface area contributed by atoms with Gasteiger partial charge in [0.05, 0.1) is 19.3 Å². The molecule has 1 aromatic carbocycles. The second-order valence-electron chi connectivity index (χ2n) is 6.05. The third-order valence-corrected chi connectivity index (χ3v) is 4.17. The van der Waals surface area contributed by atoms with Gasteiger partial charge in [0.1, 0.15) is 12.0 Å². The van der Waals surface area contributed by atoms with E-state index >= 15 is 0 Å². The molecule has 122 valence electrons. The highest BCUT2D eigenvalue weighted by Gasteiger charge is 2.23. The van der Waals surface area contributed by atoms with Gasteiger partial charge in [0.25, 0.3) is 0 Å². The molecule has 1 atom stereocenters. The van der Waals surface area contributed by atoms with Crippen LogP contribution in [0.2, 0.25) is 0 Å². The molecule has 1 fully saturated rings. The fourth-order valence-electron chi connectivity index (χ4n) is 2.97. The molecule has 1 saturated heterocycles. The van der Waals surface area contributed by atoms with Crippen molar-refractivity contribution in [1.82, 2.24) is 4.90 Å². The lowest BCUT2D eigenvalue weighted by molar-refractivity contribution is -0.0351. The molecule has 5 nitrogen and oxygen atoms in total. The van der Waals surface area contributed by atoms with E-state index in [2.05, 4.69) is 36.9 Å². The van der Waals surface area contributed by atoms with E-state index in [1.165, 1.54) is 22.8 Å². The molecule has 5 heteroatoms. The molecule has 0 spiro atoms. The molecule has 3 rings (SSSR count). The summed E-state index contributed by atoms with van der Waals surface area (Å²) >= 11 is 0. The van der Waals surface area contributed by atoms with Crippen LogP contribution in [0.3, 0.4) is 0 Å². The Balaban J connectivity index is 1.72. The molecule has 2 aromatic rings. The highest BCUT2D eigenvalue weighted by molar-refractivity contribution is 5.32. The van der Waals surface area contributed by atoms with Crippen molar-refractivity contribution in [3.63, 3.8) is 0 Å². The number of hydrogen-bond donors (Lipinski definition) is 1. The van der Waals surface area contributed by atoms with E-state index in [-0.39, 0.29) is 11.9 Å². The van der Waals surface area contributed by atoms with Crippen molar-refractivity contribution >= 4 is 0 Å². The van der Waals surface area contributed by atoms with Gasteiger partial charge in [0, 0.05) is 19.2 Å². The van der Waals surface area contributed by atoms with Gasteiger partial charge in [-0.1, -0.05) is 23.8 Å². The summed E-state index contributed by atoms with van der Waals surface area (Å²) in [7, 11) is 0. The van der Waals surface area contributed by atoms with Crippen LogP contribution in [0.1, 0.15) is 28.6 Å². The van der Waals surface area contributed by atoms with Gasteiger partial charge in [0.2, 0.25) is 5.43 Å². The minimum Gasteiger partial charge on any atom is -0.502 e. The first-order chi connectivity index (χ1) is 11.0. The van der Waals surface area contributed by atoms with Crippen molar-refractivity contribution in [3.8, 4) is 5.75 Å². The van der Waals surface area contributed by atoms with E-state index in [9.17, 15) is 9.90 Å². The monoisotopic (exact) mass is 315 g/mol. The fourth-order valence-corrected chi connectivity index (χ4v) is 2.97. The van der Waals surface area contributed by atoms with E-state index in [1.54, 1.807) is 0 Å². The van der Waals surface area contributed by atoms with Crippen LogP contribution in [0.4, 0.5) is 0 Å². The Labute approximate surface area is 135 Å². The molecule has 0 amide bonds. The van der Waals surface area contributed by atoms with Crippen molar-refractivity contribution in [1.29, 1.82) is 0 Å². The van der Waals surface area contributed by atoms with E-state index in [0.29, 0.717) is 18.9 Å². The van der Waals surface area contributed by atoms with Crippen molar-refractivity contribution in [3.05, 3.63) is 63.2 Å². The summed E-state index contributed by atoms with van der Waals surface area (Å²) in [6.45, 7) is 6.88. The van der Waals surface area contributed by atoms with Crippen LogP contribution < -0.4 is 5.43 Å². The zero-order valence-electron chi connectivity index (χ0n) is 13.4. The Morgan fingerprint density at radius 2 is 2.13 bits per heavy atom. The molecule has 1 aliphatic heterocycles. The van der Waals surface area contributed by atoms with Gasteiger partial charge in [-0.15, -0.1) is 0 Å². The summed E-state index contributed by atoms with van der Waals surface area (Å²) in [6.07, 6.45) is 1.12. The normalized spacial score (nSPS) is 19.0. The molecule has 1 N–H and O–H groups in total. The van der Waals surface area contributed by atoms with Crippen LogP contribution in [0.25, 0.3) is 0 Å². The highest BCUT2D eigenvalue weighted by Crippen LogP contribution is 2.26. The van der Waals surface area contributed by atoms with E-state index in [4.69, 9.17) is 9.15 Å². The highest BCUT2D eigenvalue weighted by atomic mass is 16.5. The molecular formula is C18H21NO4. The number of nitrogens with zero attached hydrogens (tertiary/aromatic N) is 1. The second-order valence-corrected chi connectivity index (χ2v) is 6.05. The van der Waals surface area contributed by atoms with Crippen LogP contribution in [0.15, 0.2) is 39.7 Å². The van der Waals surface area contributed by atoms with Crippen molar-refractivity contribution < 1.29 is 14.3 Å². The van der Waals surface area contributed by atoms with Crippen LogP contribution >= 0.6 is 0 Å². The lowest BCUT2D eigenvalue weighted by atomic mass is 10.00.